The Morgan fingerprint density at radius 3 is 2.12 bits per heavy atom. The van der Waals surface area contributed by atoms with Gasteiger partial charge >= 0.3 is 5.97 Å². The standard InChI is InChI=1S/C13H18O3/c1-9(14)12(15)16-11-7-5-10(6-8-11)13(2,3)4/h5-9,14H,1-4H3. The Kier molecular flexibility index (Phi) is 3.70. The monoisotopic (exact) mass is 222 g/mol. The van der Waals surface area contributed by atoms with Gasteiger partial charge in [0.05, 0.1) is 0 Å². The second-order valence-corrected chi connectivity index (χ2v) is 4.87. The Labute approximate surface area is 96.1 Å². The van der Waals surface area contributed by atoms with Crippen LogP contribution in [-0.2, 0) is 10.2 Å². The highest BCUT2D eigenvalue weighted by molar-refractivity contribution is 5.76. The fourth-order valence-electron chi connectivity index (χ4n) is 1.22. The Morgan fingerprint density at radius 1 is 1.25 bits per heavy atom. The molecule has 16 heavy (non-hydrogen) atoms. The van der Waals surface area contributed by atoms with Crippen molar-refractivity contribution in [3.05, 3.63) is 29.8 Å². The van der Waals surface area contributed by atoms with E-state index in [0.29, 0.717) is 5.75 Å². The van der Waals surface area contributed by atoms with Crippen LogP contribution in [0.2, 0.25) is 0 Å². The van der Waals surface area contributed by atoms with E-state index in [1.165, 1.54) is 12.5 Å². The number of hydrogen-bond acceptors (Lipinski definition) is 3. The maximum Gasteiger partial charge on any atom is 0.340 e. The molecule has 0 radical (unpaired) electrons. The Balaban J connectivity index is 2.76. The molecule has 1 N–H and O–H groups in total. The lowest BCUT2D eigenvalue weighted by Crippen LogP contribution is -2.22. The molecule has 0 aliphatic rings. The zero-order valence-corrected chi connectivity index (χ0v) is 10.2. The Morgan fingerprint density at radius 2 is 1.75 bits per heavy atom. The van der Waals surface area contributed by atoms with Gasteiger partial charge in [-0.3, -0.25) is 0 Å². The molecule has 3 nitrogen and oxygen atoms in total. The molecule has 0 aliphatic carbocycles. The van der Waals surface area contributed by atoms with Crippen LogP contribution in [0.25, 0.3) is 0 Å². The average Bonchev–Trinajstić information content (AvgIpc) is 2.17. The first-order chi connectivity index (χ1) is 7.30. The van der Waals surface area contributed by atoms with Crippen LogP contribution < -0.4 is 4.74 Å². The minimum atomic E-state index is -1.10. The lowest BCUT2D eigenvalue weighted by molar-refractivity contribution is -0.142. The summed E-state index contributed by atoms with van der Waals surface area (Å²) in [7, 11) is 0. The summed E-state index contributed by atoms with van der Waals surface area (Å²) in [5, 5.41) is 8.99. The third-order valence-corrected chi connectivity index (χ3v) is 2.28. The van der Waals surface area contributed by atoms with E-state index in [1.54, 1.807) is 12.1 Å². The van der Waals surface area contributed by atoms with Crippen LogP contribution in [0.4, 0.5) is 0 Å². The van der Waals surface area contributed by atoms with Gasteiger partial charge in [-0.15, -0.1) is 0 Å². The maximum absolute atomic E-state index is 11.1. The predicted octanol–water partition coefficient (Wildman–Crippen LogP) is 2.27. The molecule has 0 fully saturated rings. The molecule has 88 valence electrons. The summed E-state index contributed by atoms with van der Waals surface area (Å²) in [4.78, 5) is 11.1. The zero-order valence-electron chi connectivity index (χ0n) is 10.2. The molecule has 0 heterocycles. The van der Waals surface area contributed by atoms with Crippen molar-refractivity contribution < 1.29 is 14.6 Å². The van der Waals surface area contributed by atoms with Crippen molar-refractivity contribution in [2.75, 3.05) is 0 Å². The predicted molar refractivity (Wildman–Crippen MR) is 62.5 cm³/mol. The van der Waals surface area contributed by atoms with Gasteiger partial charge in [0.1, 0.15) is 11.9 Å². The van der Waals surface area contributed by atoms with Crippen molar-refractivity contribution in [1.29, 1.82) is 0 Å². The molecule has 1 aromatic rings. The molecule has 1 unspecified atom stereocenters. The van der Waals surface area contributed by atoms with Crippen molar-refractivity contribution in [1.82, 2.24) is 0 Å². The highest BCUT2D eigenvalue weighted by Crippen LogP contribution is 2.24. The van der Waals surface area contributed by atoms with Crippen molar-refractivity contribution in [3.8, 4) is 5.75 Å². The minimum absolute atomic E-state index is 0.0762. The van der Waals surface area contributed by atoms with E-state index in [4.69, 9.17) is 9.84 Å². The van der Waals surface area contributed by atoms with E-state index in [-0.39, 0.29) is 5.41 Å². The summed E-state index contributed by atoms with van der Waals surface area (Å²) in [6, 6.07) is 7.32. The molecule has 3 heteroatoms. The summed E-state index contributed by atoms with van der Waals surface area (Å²) in [5.74, 6) is -0.178. The molecule has 0 saturated carbocycles. The molecular weight excluding hydrogens is 204 g/mol. The van der Waals surface area contributed by atoms with E-state index in [0.717, 1.165) is 0 Å². The number of carbonyl (C=O) groups is 1. The van der Waals surface area contributed by atoms with Gasteiger partial charge in [0.15, 0.2) is 0 Å². The first kappa shape index (κ1) is 12.7. The largest absolute Gasteiger partial charge is 0.425 e. The summed E-state index contributed by atoms with van der Waals surface area (Å²) in [5.41, 5.74) is 1.25. The van der Waals surface area contributed by atoms with Crippen molar-refractivity contribution in [3.63, 3.8) is 0 Å². The van der Waals surface area contributed by atoms with Gasteiger partial charge in [-0.25, -0.2) is 4.79 Å². The van der Waals surface area contributed by atoms with E-state index in [1.807, 2.05) is 12.1 Å². The second kappa shape index (κ2) is 4.66. The van der Waals surface area contributed by atoms with Crippen molar-refractivity contribution in [2.45, 2.75) is 39.2 Å². The van der Waals surface area contributed by atoms with Crippen molar-refractivity contribution >= 4 is 5.97 Å². The lowest BCUT2D eigenvalue weighted by atomic mass is 9.87. The van der Waals surface area contributed by atoms with Gasteiger partial charge < -0.3 is 9.84 Å². The smallest absolute Gasteiger partial charge is 0.340 e. The first-order valence-electron chi connectivity index (χ1n) is 5.31. The number of carbonyl (C=O) groups excluding carboxylic acids is 1. The molecule has 0 saturated heterocycles. The van der Waals surface area contributed by atoms with Crippen LogP contribution in [-0.4, -0.2) is 17.2 Å². The van der Waals surface area contributed by atoms with Crippen LogP contribution in [0.15, 0.2) is 24.3 Å². The second-order valence-electron chi connectivity index (χ2n) is 4.87. The number of aliphatic hydroxyl groups is 1. The third kappa shape index (κ3) is 3.35. The van der Waals surface area contributed by atoms with E-state index in [2.05, 4.69) is 20.8 Å². The van der Waals surface area contributed by atoms with Crippen molar-refractivity contribution in [2.24, 2.45) is 0 Å². The molecule has 0 spiro atoms. The molecule has 1 atom stereocenters. The maximum atomic E-state index is 11.1. The third-order valence-electron chi connectivity index (χ3n) is 2.28. The summed E-state index contributed by atoms with van der Waals surface area (Å²) < 4.78 is 4.95. The van der Waals surface area contributed by atoms with Gasteiger partial charge in [-0.05, 0) is 30.0 Å². The summed E-state index contributed by atoms with van der Waals surface area (Å²) >= 11 is 0. The quantitative estimate of drug-likeness (QED) is 0.616. The molecule has 1 aromatic carbocycles. The van der Waals surface area contributed by atoms with Gasteiger partial charge in [0, 0.05) is 0 Å². The normalized spacial score (nSPS) is 13.3. The van der Waals surface area contributed by atoms with Crippen LogP contribution in [0.3, 0.4) is 0 Å². The number of aliphatic hydroxyl groups excluding tert-OH is 1. The molecule has 0 aliphatic heterocycles. The van der Waals surface area contributed by atoms with E-state index in [9.17, 15) is 4.79 Å². The van der Waals surface area contributed by atoms with Gasteiger partial charge in [-0.2, -0.15) is 0 Å². The molecule has 0 amide bonds. The SMILES string of the molecule is CC(O)C(=O)Oc1ccc(C(C)(C)C)cc1. The number of hydrogen-bond donors (Lipinski definition) is 1. The zero-order chi connectivity index (χ0) is 12.3. The Bertz CT molecular complexity index is 358. The average molecular weight is 222 g/mol. The van der Waals surface area contributed by atoms with Crippen LogP contribution in [0.1, 0.15) is 33.3 Å². The molecule has 1 rings (SSSR count). The summed E-state index contributed by atoms with van der Waals surface area (Å²) in [6.45, 7) is 7.73. The highest BCUT2D eigenvalue weighted by Gasteiger charge is 2.15. The van der Waals surface area contributed by atoms with Crippen LogP contribution in [0.5, 0.6) is 5.75 Å². The van der Waals surface area contributed by atoms with E-state index >= 15 is 0 Å². The summed E-state index contributed by atoms with van der Waals surface area (Å²) in [6.07, 6.45) is -1.10. The van der Waals surface area contributed by atoms with Gasteiger partial charge in [0.25, 0.3) is 0 Å². The minimum Gasteiger partial charge on any atom is -0.425 e. The van der Waals surface area contributed by atoms with Gasteiger partial charge in [-0.1, -0.05) is 32.9 Å². The number of ether oxygens (including phenoxy) is 1. The van der Waals surface area contributed by atoms with E-state index < -0.39 is 12.1 Å². The topological polar surface area (TPSA) is 46.5 Å². The molecule has 0 bridgehead atoms. The number of benzene rings is 1. The fraction of sp³-hybridized carbons (Fsp3) is 0.462. The Hall–Kier alpha value is -1.35. The van der Waals surface area contributed by atoms with Gasteiger partial charge in [0.2, 0.25) is 0 Å². The molecular formula is C13H18O3. The lowest BCUT2D eigenvalue weighted by Gasteiger charge is -2.19. The first-order valence-corrected chi connectivity index (χ1v) is 5.31. The fourth-order valence-corrected chi connectivity index (χ4v) is 1.22. The molecule has 0 aromatic heterocycles. The van der Waals surface area contributed by atoms with Crippen LogP contribution >= 0.6 is 0 Å². The van der Waals surface area contributed by atoms with Crippen LogP contribution in [0, 0.1) is 0 Å². The number of rotatable bonds is 2. The highest BCUT2D eigenvalue weighted by atomic mass is 16.5. The number of esters is 1.